The summed E-state index contributed by atoms with van der Waals surface area (Å²) in [6.45, 7) is 3.33. The molecule has 1 aliphatic rings. The Balaban J connectivity index is 1.64. The number of nitro groups is 1. The normalized spacial score (nSPS) is 14.2. The van der Waals surface area contributed by atoms with Gasteiger partial charge in [-0.15, -0.1) is 0 Å². The molecule has 1 heterocycles. The minimum absolute atomic E-state index is 0.0379. The third-order valence-corrected chi connectivity index (χ3v) is 5.91. The summed E-state index contributed by atoms with van der Waals surface area (Å²) >= 11 is 0. The van der Waals surface area contributed by atoms with Crippen molar-refractivity contribution in [1.29, 1.82) is 0 Å². The molecular formula is C24H30N2O6. The number of benzene rings is 2. The summed E-state index contributed by atoms with van der Waals surface area (Å²) in [7, 11) is 3.07. The Labute approximate surface area is 188 Å². The summed E-state index contributed by atoms with van der Waals surface area (Å²) in [5, 5.41) is 11.6. The molecule has 0 aromatic heterocycles. The molecule has 0 unspecified atom stereocenters. The number of hydrogen-bond acceptors (Lipinski definition) is 6. The Morgan fingerprint density at radius 3 is 2.34 bits per heavy atom. The summed E-state index contributed by atoms with van der Waals surface area (Å²) < 4.78 is 15.9. The van der Waals surface area contributed by atoms with Gasteiger partial charge in [0.2, 0.25) is 0 Å². The summed E-state index contributed by atoms with van der Waals surface area (Å²) in [5.41, 5.74) is 1.04. The number of piperidine rings is 1. The number of nitrogens with zero attached hydrogens (tertiary/aromatic N) is 2. The van der Waals surface area contributed by atoms with E-state index in [9.17, 15) is 14.9 Å². The topological polar surface area (TPSA) is 91.1 Å². The van der Waals surface area contributed by atoms with E-state index >= 15 is 0 Å². The fourth-order valence-electron chi connectivity index (χ4n) is 4.06. The number of carbonyl (C=O) groups excluding carboxylic acids is 1. The van der Waals surface area contributed by atoms with Gasteiger partial charge in [0.05, 0.1) is 31.8 Å². The molecule has 1 fully saturated rings. The summed E-state index contributed by atoms with van der Waals surface area (Å²) in [6.07, 6.45) is 3.78. The molecule has 0 bridgehead atoms. The van der Waals surface area contributed by atoms with Crippen LogP contribution in [0.4, 0.5) is 5.69 Å². The second-order valence-electron chi connectivity index (χ2n) is 7.83. The van der Waals surface area contributed by atoms with Crippen LogP contribution in [0, 0.1) is 16.0 Å². The molecule has 0 aliphatic carbocycles. The Morgan fingerprint density at radius 1 is 1.09 bits per heavy atom. The number of methoxy groups -OCH3 is 2. The van der Waals surface area contributed by atoms with Gasteiger partial charge in [0.25, 0.3) is 11.6 Å². The van der Waals surface area contributed by atoms with Gasteiger partial charge in [-0.25, -0.2) is 0 Å². The fourth-order valence-corrected chi connectivity index (χ4v) is 4.06. The molecule has 0 N–H and O–H groups in total. The average molecular weight is 443 g/mol. The molecule has 2 aromatic carbocycles. The SMILES string of the molecule is CCOc1cc(C(=O)N2CCC(CCc3ccc(OC)cc3)CC2)c([N+](=O)[O-])cc1OC. The van der Waals surface area contributed by atoms with Gasteiger partial charge < -0.3 is 19.1 Å². The lowest BCUT2D eigenvalue weighted by Gasteiger charge is -2.32. The number of amides is 1. The molecule has 32 heavy (non-hydrogen) atoms. The van der Waals surface area contributed by atoms with Gasteiger partial charge in [-0.05, 0) is 56.2 Å². The van der Waals surface area contributed by atoms with Gasteiger partial charge in [-0.1, -0.05) is 12.1 Å². The van der Waals surface area contributed by atoms with Crippen LogP contribution in [-0.4, -0.2) is 49.6 Å². The minimum atomic E-state index is -0.549. The molecule has 172 valence electrons. The van der Waals surface area contributed by atoms with Crippen molar-refractivity contribution in [3.63, 3.8) is 0 Å². The number of nitro benzene ring substituents is 1. The Morgan fingerprint density at radius 2 is 1.78 bits per heavy atom. The van der Waals surface area contributed by atoms with Gasteiger partial charge in [-0.2, -0.15) is 0 Å². The third-order valence-electron chi connectivity index (χ3n) is 5.91. The number of likely N-dealkylation sites (tertiary alicyclic amines) is 1. The van der Waals surface area contributed by atoms with E-state index in [1.807, 2.05) is 12.1 Å². The predicted octanol–water partition coefficient (Wildman–Crippen LogP) is 4.50. The maximum atomic E-state index is 13.1. The third kappa shape index (κ3) is 5.49. The van der Waals surface area contributed by atoms with E-state index in [1.165, 1.54) is 24.8 Å². The molecule has 8 nitrogen and oxygen atoms in total. The van der Waals surface area contributed by atoms with Crippen molar-refractivity contribution in [3.05, 3.63) is 57.6 Å². The van der Waals surface area contributed by atoms with E-state index in [1.54, 1.807) is 18.9 Å². The molecule has 0 saturated carbocycles. The first-order valence-corrected chi connectivity index (χ1v) is 10.9. The minimum Gasteiger partial charge on any atom is -0.497 e. The molecule has 0 atom stereocenters. The molecule has 0 radical (unpaired) electrons. The summed E-state index contributed by atoms with van der Waals surface area (Å²) in [5.74, 6) is 1.60. The molecule has 2 aromatic rings. The zero-order valence-corrected chi connectivity index (χ0v) is 18.8. The smallest absolute Gasteiger partial charge is 0.286 e. The molecule has 0 spiro atoms. The van der Waals surface area contributed by atoms with Crippen LogP contribution in [0.2, 0.25) is 0 Å². The maximum Gasteiger partial charge on any atom is 0.286 e. The number of carbonyl (C=O) groups is 1. The van der Waals surface area contributed by atoms with Gasteiger partial charge >= 0.3 is 0 Å². The second kappa shape index (κ2) is 10.8. The molecule has 8 heteroatoms. The lowest BCUT2D eigenvalue weighted by Crippen LogP contribution is -2.38. The van der Waals surface area contributed by atoms with Crippen molar-refractivity contribution in [3.8, 4) is 17.2 Å². The second-order valence-corrected chi connectivity index (χ2v) is 7.83. The van der Waals surface area contributed by atoms with E-state index in [0.29, 0.717) is 31.4 Å². The van der Waals surface area contributed by atoms with Crippen LogP contribution in [0.15, 0.2) is 36.4 Å². The zero-order valence-electron chi connectivity index (χ0n) is 18.8. The number of rotatable bonds is 9. The quantitative estimate of drug-likeness (QED) is 0.420. The van der Waals surface area contributed by atoms with Crippen LogP contribution in [0.1, 0.15) is 42.1 Å². The lowest BCUT2D eigenvalue weighted by molar-refractivity contribution is -0.385. The summed E-state index contributed by atoms with van der Waals surface area (Å²) in [6, 6.07) is 10.8. The molecule has 1 amide bonds. The number of hydrogen-bond donors (Lipinski definition) is 0. The fraction of sp³-hybridized carbons (Fsp3) is 0.458. The van der Waals surface area contributed by atoms with Crippen LogP contribution in [0.3, 0.4) is 0 Å². The highest BCUT2D eigenvalue weighted by Gasteiger charge is 2.30. The van der Waals surface area contributed by atoms with Crippen molar-refractivity contribution >= 4 is 11.6 Å². The largest absolute Gasteiger partial charge is 0.497 e. The van der Waals surface area contributed by atoms with Crippen molar-refractivity contribution < 1.29 is 23.9 Å². The van der Waals surface area contributed by atoms with Crippen molar-refractivity contribution in [2.24, 2.45) is 5.92 Å². The number of aryl methyl sites for hydroxylation is 1. The van der Waals surface area contributed by atoms with E-state index in [2.05, 4.69) is 12.1 Å². The maximum absolute atomic E-state index is 13.1. The molecule has 1 saturated heterocycles. The first kappa shape index (κ1) is 23.4. The van der Waals surface area contributed by atoms with Crippen LogP contribution >= 0.6 is 0 Å². The first-order valence-electron chi connectivity index (χ1n) is 10.9. The molecular weight excluding hydrogens is 412 g/mol. The van der Waals surface area contributed by atoms with Gasteiger partial charge in [0.1, 0.15) is 11.3 Å². The lowest BCUT2D eigenvalue weighted by atomic mass is 9.90. The van der Waals surface area contributed by atoms with Crippen LogP contribution in [-0.2, 0) is 6.42 Å². The van der Waals surface area contributed by atoms with Crippen molar-refractivity contribution in [2.75, 3.05) is 33.9 Å². The van der Waals surface area contributed by atoms with Crippen molar-refractivity contribution in [2.45, 2.75) is 32.6 Å². The molecule has 1 aliphatic heterocycles. The number of ether oxygens (including phenoxy) is 3. The predicted molar refractivity (Wildman–Crippen MR) is 121 cm³/mol. The first-order chi connectivity index (χ1) is 15.5. The van der Waals surface area contributed by atoms with Gasteiger partial charge in [0, 0.05) is 19.2 Å². The Bertz CT molecular complexity index is 936. The monoisotopic (exact) mass is 442 g/mol. The van der Waals surface area contributed by atoms with E-state index in [0.717, 1.165) is 31.4 Å². The highest BCUT2D eigenvalue weighted by atomic mass is 16.6. The van der Waals surface area contributed by atoms with Gasteiger partial charge in [0.15, 0.2) is 11.5 Å². The zero-order chi connectivity index (χ0) is 23.1. The van der Waals surface area contributed by atoms with Crippen molar-refractivity contribution in [1.82, 2.24) is 4.90 Å². The standard InChI is InChI=1S/C24H30N2O6/c1-4-32-23-15-20(21(26(28)29)16-22(23)31-3)24(27)25-13-11-18(12-14-25)6-5-17-7-9-19(30-2)10-8-17/h7-10,15-16,18H,4-6,11-14H2,1-3H3. The Hall–Kier alpha value is -3.29. The highest BCUT2D eigenvalue weighted by molar-refractivity contribution is 5.99. The molecule has 3 rings (SSSR count). The van der Waals surface area contributed by atoms with E-state index in [4.69, 9.17) is 14.2 Å². The Kier molecular flexibility index (Phi) is 7.92. The van der Waals surface area contributed by atoms with Crippen LogP contribution < -0.4 is 14.2 Å². The average Bonchev–Trinajstić information content (AvgIpc) is 2.82. The van der Waals surface area contributed by atoms with Crippen LogP contribution in [0.5, 0.6) is 17.2 Å². The van der Waals surface area contributed by atoms with E-state index < -0.39 is 4.92 Å². The highest BCUT2D eigenvalue weighted by Crippen LogP contribution is 2.36. The van der Waals surface area contributed by atoms with E-state index in [-0.39, 0.29) is 22.9 Å². The summed E-state index contributed by atoms with van der Waals surface area (Å²) in [4.78, 5) is 25.9. The van der Waals surface area contributed by atoms with Gasteiger partial charge in [-0.3, -0.25) is 14.9 Å². The van der Waals surface area contributed by atoms with Crippen LogP contribution in [0.25, 0.3) is 0 Å².